The van der Waals surface area contributed by atoms with E-state index < -0.39 is 48.0 Å². The first-order valence-electron chi connectivity index (χ1n) is 21.6. The number of ether oxygens (including phenoxy) is 4. The smallest absolute Gasteiger partial charge is 0.657 e. The molecule has 2 unspecified atom stereocenters. The molecule has 1 radical (unpaired) electrons. The summed E-state index contributed by atoms with van der Waals surface area (Å²) in [5, 5.41) is 19.5. The number of carboxylic acid groups (broad SMARTS) is 2. The Balaban J connectivity index is 0.00000608. The van der Waals surface area contributed by atoms with E-state index in [-0.39, 0.29) is 55.7 Å². The maximum Gasteiger partial charge on any atom is 2.00 e. The molecule has 16 nitrogen and oxygen atoms in total. The van der Waals surface area contributed by atoms with Crippen molar-refractivity contribution in [1.82, 2.24) is 19.9 Å². The van der Waals surface area contributed by atoms with Crippen LogP contribution in [0.4, 0.5) is 0 Å². The van der Waals surface area contributed by atoms with Gasteiger partial charge in [-0.05, 0) is 88.5 Å². The number of aromatic nitrogens is 4. The van der Waals surface area contributed by atoms with Gasteiger partial charge in [-0.2, -0.15) is 0 Å². The van der Waals surface area contributed by atoms with Crippen molar-refractivity contribution < 1.29 is 74.7 Å². The van der Waals surface area contributed by atoms with Crippen LogP contribution < -0.4 is 9.97 Å². The summed E-state index contributed by atoms with van der Waals surface area (Å²) >= 11 is 0. The quantitative estimate of drug-likeness (QED) is 0.0982. The fourth-order valence-corrected chi connectivity index (χ4v) is 8.03. The zero-order valence-corrected chi connectivity index (χ0v) is 38.0. The van der Waals surface area contributed by atoms with Crippen LogP contribution in [0.5, 0.6) is 0 Å². The third kappa shape index (κ3) is 10.2. The molecule has 6 aliphatic rings. The van der Waals surface area contributed by atoms with Crippen molar-refractivity contribution in [3.63, 3.8) is 0 Å². The van der Waals surface area contributed by atoms with E-state index >= 15 is 0 Å². The summed E-state index contributed by atoms with van der Waals surface area (Å²) in [4.78, 5) is 96.4. The molecule has 0 aromatic carbocycles. The maximum atomic E-state index is 13.4. The molecule has 0 saturated heterocycles. The van der Waals surface area contributed by atoms with Gasteiger partial charge in [0.1, 0.15) is 13.2 Å². The Morgan fingerprint density at radius 2 is 1.01 bits per heavy atom. The van der Waals surface area contributed by atoms with Gasteiger partial charge in [-0.15, -0.1) is 22.1 Å². The molecule has 2 atom stereocenters. The van der Waals surface area contributed by atoms with Crippen molar-refractivity contribution >= 4 is 80.2 Å². The van der Waals surface area contributed by atoms with E-state index in [0.29, 0.717) is 137 Å². The molecule has 9 rings (SSSR count). The minimum Gasteiger partial charge on any atom is -0.657 e. The van der Waals surface area contributed by atoms with Crippen LogP contribution in [0.2, 0.25) is 0 Å². The molecule has 0 amide bonds. The van der Waals surface area contributed by atoms with Crippen LogP contribution in [0, 0.1) is 13.8 Å². The van der Waals surface area contributed by atoms with Crippen LogP contribution in [-0.2, 0) is 70.9 Å². The topological polar surface area (TPSA) is 234 Å². The third-order valence-electron chi connectivity index (χ3n) is 12.2. The average Bonchev–Trinajstić information content (AvgIpc) is 4.08. The molecule has 2 aliphatic heterocycles. The number of nitrogens with zero attached hydrogens (tertiary/aromatic N) is 4. The first-order chi connectivity index (χ1) is 31.6. The molecular formula is C50H44CoN4O12. The normalized spacial score (nSPS) is 16.1. The van der Waals surface area contributed by atoms with Crippen LogP contribution in [0.15, 0.2) is 70.9 Å². The van der Waals surface area contributed by atoms with Gasteiger partial charge in [0, 0.05) is 40.7 Å². The van der Waals surface area contributed by atoms with Crippen molar-refractivity contribution in [2.75, 3.05) is 13.2 Å². The molecule has 3 aromatic heterocycles. The Morgan fingerprint density at radius 1 is 0.567 bits per heavy atom. The van der Waals surface area contributed by atoms with Crippen LogP contribution in [-0.4, -0.2) is 75.3 Å². The number of allylic oxidation sites excluding steroid dienone is 7. The summed E-state index contributed by atoms with van der Waals surface area (Å²) < 4.78 is 23.6. The van der Waals surface area contributed by atoms with Crippen molar-refractivity contribution in [3.05, 3.63) is 116 Å². The molecule has 2 N–H and O–H groups in total. The Hall–Kier alpha value is -7.11. The predicted molar refractivity (Wildman–Crippen MR) is 238 cm³/mol. The molecule has 0 fully saturated rings. The molecule has 5 heterocycles. The largest absolute Gasteiger partial charge is 2.00 e. The number of aryl methyl sites for hydroxylation is 3. The molecule has 17 heteroatoms. The first kappa shape index (κ1) is 46.4. The number of aliphatic carboxylic acids is 2. The number of carbonyl (C=O) groups excluding carboxylic acids is 4. The van der Waals surface area contributed by atoms with Crippen molar-refractivity contribution in [3.8, 4) is 0 Å². The predicted octanol–water partition coefficient (Wildman–Crippen LogP) is 6.83. The van der Waals surface area contributed by atoms with Gasteiger partial charge >= 0.3 is 52.6 Å². The van der Waals surface area contributed by atoms with Crippen LogP contribution in [0.3, 0.4) is 0 Å². The summed E-state index contributed by atoms with van der Waals surface area (Å²) in [5.74, 6) is -4.22. The number of esters is 4. The van der Waals surface area contributed by atoms with Crippen LogP contribution in [0.25, 0.3) is 44.4 Å². The molecule has 3 aromatic rings. The minimum absolute atomic E-state index is 0. The monoisotopic (exact) mass is 951 g/mol. The molecule has 345 valence electrons. The van der Waals surface area contributed by atoms with E-state index in [1.54, 1.807) is 62.4 Å². The molecule has 8 bridgehead atoms. The first-order valence-corrected chi connectivity index (χ1v) is 21.6. The summed E-state index contributed by atoms with van der Waals surface area (Å²) in [6, 6.07) is 6.89. The van der Waals surface area contributed by atoms with E-state index in [2.05, 4.69) is 0 Å². The third-order valence-corrected chi connectivity index (χ3v) is 12.2. The maximum absolute atomic E-state index is 13.4. The second kappa shape index (κ2) is 18.6. The van der Waals surface area contributed by atoms with Gasteiger partial charge in [-0.3, -0.25) is 9.59 Å². The van der Waals surface area contributed by atoms with Crippen molar-refractivity contribution in [2.24, 2.45) is 0 Å². The molecule has 67 heavy (non-hydrogen) atoms. The summed E-state index contributed by atoms with van der Waals surface area (Å²) in [5.41, 5.74) is 9.79. The van der Waals surface area contributed by atoms with E-state index in [4.69, 9.17) is 38.9 Å². The van der Waals surface area contributed by atoms with E-state index in [0.717, 1.165) is 0 Å². The van der Waals surface area contributed by atoms with Gasteiger partial charge in [0.2, 0.25) is 0 Å². The molecule has 0 spiro atoms. The fraction of sp³-hybridized carbons (Fsp3) is 0.320. The van der Waals surface area contributed by atoms with Crippen molar-refractivity contribution in [1.29, 1.82) is 0 Å². The van der Waals surface area contributed by atoms with E-state index in [1.807, 2.05) is 13.8 Å². The SMILES string of the molecule is CC1=C(CCC(=O)O)c2cc3[n-]c(cc4nc(cc5[n-]c(cc1n2)c(C)c5C(COC(=O)C1=CC1)OC(=O)C1=CC1)C(C)=C4C(COC(=O)C1=CC1)OC(=O)C1=CC1)c(C)c3CCC(=O)O.[Co+2]. The van der Waals surface area contributed by atoms with Gasteiger partial charge in [-0.1, -0.05) is 65.3 Å². The van der Waals surface area contributed by atoms with Gasteiger partial charge in [0.25, 0.3) is 0 Å². The Bertz CT molecular complexity index is 3090. The molecule has 0 saturated carbocycles. The van der Waals surface area contributed by atoms with Crippen LogP contribution in [0.1, 0.15) is 110 Å². The van der Waals surface area contributed by atoms with Crippen molar-refractivity contribution in [2.45, 2.75) is 91.3 Å². The van der Waals surface area contributed by atoms with E-state index in [9.17, 15) is 39.0 Å². The van der Waals surface area contributed by atoms with Gasteiger partial charge in [0.05, 0.1) is 22.8 Å². The van der Waals surface area contributed by atoms with Gasteiger partial charge in [0.15, 0.2) is 12.2 Å². The second-order valence-corrected chi connectivity index (χ2v) is 16.9. The Labute approximate surface area is 393 Å². The molecular weight excluding hydrogens is 907 g/mol. The number of carbonyl (C=O) groups is 6. The minimum atomic E-state index is -1.14. The molecule has 4 aliphatic carbocycles. The number of hydrogen-bond acceptors (Lipinski definition) is 12. The number of rotatable bonds is 18. The van der Waals surface area contributed by atoms with Crippen LogP contribution >= 0.6 is 0 Å². The zero-order valence-electron chi connectivity index (χ0n) is 36.9. The number of hydrogen-bond donors (Lipinski definition) is 2. The van der Waals surface area contributed by atoms with E-state index in [1.165, 1.54) is 0 Å². The average molecular weight is 952 g/mol. The summed E-state index contributed by atoms with van der Waals surface area (Å²) in [6.07, 6.45) is 6.45. The Kier molecular flexibility index (Phi) is 12.9. The van der Waals surface area contributed by atoms with Gasteiger partial charge in [-0.25, -0.2) is 29.1 Å². The Morgan fingerprint density at radius 3 is 1.60 bits per heavy atom. The number of carboxylic acids is 2. The number of fused-ring (bicyclic) bond motifs is 8. The van der Waals surface area contributed by atoms with Gasteiger partial charge < -0.3 is 39.1 Å². The zero-order chi connectivity index (χ0) is 46.6. The standard InChI is InChI=1S/C50H46N4O12.Co/c1-23-31(13-15-43(55)56)37-20-38-32(14-16-44(57)58)24(2)34(52-38)18-39-46(42(66-50(62)30-11-12-30)22-64-48(60)28-7-8-28)26(4)36(54-39)19-40-45(25(3)35(53-40)17-33(23)51-37)41(65-49(61)29-9-10-29)21-63-47(59)27-5-6-27;/h5,7,9,11,17-20,41-42H,6,8,10,12-16,21-22H2,1-4H3,(H4,51,52,53,54,55,56,57,58);/q;+2/p-2. The second-order valence-electron chi connectivity index (χ2n) is 16.9. The summed E-state index contributed by atoms with van der Waals surface area (Å²) in [6.45, 7) is 6.57. The summed E-state index contributed by atoms with van der Waals surface area (Å²) in [7, 11) is 0. The fourth-order valence-electron chi connectivity index (χ4n) is 8.03.